The largest absolute Gasteiger partial charge is 0.352 e. The third-order valence-corrected chi connectivity index (χ3v) is 7.37. The van der Waals surface area contributed by atoms with Crippen molar-refractivity contribution in [1.82, 2.24) is 25.4 Å². The van der Waals surface area contributed by atoms with E-state index in [1.54, 1.807) is 0 Å². The molecule has 4 fully saturated rings. The molecule has 1 aliphatic carbocycles. The van der Waals surface area contributed by atoms with Gasteiger partial charge in [-0.05, 0) is 60.0 Å². The van der Waals surface area contributed by atoms with Gasteiger partial charge in [-0.3, -0.25) is 14.5 Å². The van der Waals surface area contributed by atoms with Gasteiger partial charge in [0.15, 0.2) is 0 Å². The number of carbonyl (C=O) groups excluding carboxylic acids is 2. The van der Waals surface area contributed by atoms with Gasteiger partial charge in [-0.2, -0.15) is 0 Å². The number of benzene rings is 1. The van der Waals surface area contributed by atoms with Crippen LogP contribution in [0.1, 0.15) is 44.1 Å². The number of amides is 2. The molecule has 2 bridgehead atoms. The standard InChI is InChI=1S/C22H27N5O3/c28-19-6-2-5-18-14-9-15(21(27(18)19)22(29)23-16-7-8-16)12-26(11-14)10-13-3-1-4-17-20(13)25-30-24-17/h1,3-4,14-16,18,21H,2,5-12H2,(H,23,29)/t14-,15+,18-,21+/m0/s1. The second-order valence-electron chi connectivity index (χ2n) is 9.49. The molecule has 8 heteroatoms. The molecular weight excluding hydrogens is 382 g/mol. The maximum Gasteiger partial charge on any atom is 0.243 e. The van der Waals surface area contributed by atoms with Crippen LogP contribution in [0.25, 0.3) is 11.0 Å². The third kappa shape index (κ3) is 3.09. The van der Waals surface area contributed by atoms with Crippen LogP contribution in [-0.2, 0) is 16.1 Å². The zero-order valence-corrected chi connectivity index (χ0v) is 17.0. The van der Waals surface area contributed by atoms with Gasteiger partial charge in [0.05, 0.1) is 0 Å². The lowest BCUT2D eigenvalue weighted by Crippen LogP contribution is -2.68. The first-order valence-corrected chi connectivity index (χ1v) is 11.2. The highest BCUT2D eigenvalue weighted by Gasteiger charge is 2.52. The molecular formula is C22H27N5O3. The number of carbonyl (C=O) groups is 2. The number of fused-ring (bicyclic) bond motifs is 5. The molecule has 1 saturated carbocycles. The molecule has 30 heavy (non-hydrogen) atoms. The van der Waals surface area contributed by atoms with Crippen LogP contribution in [0.3, 0.4) is 0 Å². The minimum atomic E-state index is -0.327. The van der Waals surface area contributed by atoms with Gasteiger partial charge in [0.2, 0.25) is 11.8 Å². The number of nitrogens with one attached hydrogen (secondary N) is 1. The fraction of sp³-hybridized carbons (Fsp3) is 0.636. The topological polar surface area (TPSA) is 91.6 Å². The zero-order valence-electron chi connectivity index (χ0n) is 17.0. The van der Waals surface area contributed by atoms with Crippen molar-refractivity contribution in [2.45, 2.75) is 63.2 Å². The monoisotopic (exact) mass is 409 g/mol. The Morgan fingerprint density at radius 3 is 2.90 bits per heavy atom. The van der Waals surface area contributed by atoms with Crippen LogP contribution >= 0.6 is 0 Å². The lowest BCUT2D eigenvalue weighted by Gasteiger charge is -2.56. The molecule has 2 aromatic rings. The molecule has 6 rings (SSSR count). The van der Waals surface area contributed by atoms with Crippen LogP contribution in [0.4, 0.5) is 0 Å². The molecule has 0 unspecified atom stereocenters. The Balaban J connectivity index is 1.28. The molecule has 8 nitrogen and oxygen atoms in total. The van der Waals surface area contributed by atoms with Gasteiger partial charge in [0, 0.05) is 44.1 Å². The quantitative estimate of drug-likeness (QED) is 0.827. The first-order chi connectivity index (χ1) is 14.7. The zero-order chi connectivity index (χ0) is 20.2. The summed E-state index contributed by atoms with van der Waals surface area (Å²) in [6, 6.07) is 6.14. The van der Waals surface area contributed by atoms with Crippen LogP contribution in [0, 0.1) is 11.8 Å². The summed E-state index contributed by atoms with van der Waals surface area (Å²) in [5.41, 5.74) is 2.69. The summed E-state index contributed by atoms with van der Waals surface area (Å²) in [7, 11) is 0. The fourth-order valence-corrected chi connectivity index (χ4v) is 5.96. The number of aromatic nitrogens is 2. The Bertz CT molecular complexity index is 986. The van der Waals surface area contributed by atoms with E-state index in [0.717, 1.165) is 68.3 Å². The first kappa shape index (κ1) is 18.3. The van der Waals surface area contributed by atoms with E-state index in [2.05, 4.69) is 26.6 Å². The number of hydrogen-bond acceptors (Lipinski definition) is 6. The normalized spacial score (nSPS) is 31.6. The van der Waals surface area contributed by atoms with E-state index in [1.807, 2.05) is 17.0 Å². The minimum Gasteiger partial charge on any atom is -0.352 e. The number of hydrogen-bond donors (Lipinski definition) is 1. The Kier molecular flexibility index (Phi) is 4.30. The molecule has 1 aromatic heterocycles. The van der Waals surface area contributed by atoms with Crippen LogP contribution in [0.15, 0.2) is 22.8 Å². The predicted octanol–water partition coefficient (Wildman–Crippen LogP) is 1.70. The number of piperidine rings is 3. The van der Waals surface area contributed by atoms with Gasteiger partial charge in [0.1, 0.15) is 17.1 Å². The van der Waals surface area contributed by atoms with Crippen molar-refractivity contribution in [3.05, 3.63) is 23.8 Å². The third-order valence-electron chi connectivity index (χ3n) is 7.37. The van der Waals surface area contributed by atoms with Crippen molar-refractivity contribution in [2.75, 3.05) is 13.1 Å². The highest BCUT2D eigenvalue weighted by atomic mass is 16.6. The van der Waals surface area contributed by atoms with E-state index >= 15 is 0 Å². The van der Waals surface area contributed by atoms with E-state index in [-0.39, 0.29) is 29.8 Å². The molecule has 0 radical (unpaired) electrons. The van der Waals surface area contributed by atoms with E-state index in [1.165, 1.54) is 0 Å². The van der Waals surface area contributed by atoms with Gasteiger partial charge in [-0.15, -0.1) is 0 Å². The van der Waals surface area contributed by atoms with Crippen molar-refractivity contribution < 1.29 is 14.2 Å². The van der Waals surface area contributed by atoms with Crippen molar-refractivity contribution in [3.8, 4) is 0 Å². The SMILES string of the molecule is O=C(NC1CC1)[C@H]1[C@@H]2C[C@@H](CN(Cc3cccc4nonc34)C2)[C@@H]2CCCC(=O)N21. The molecule has 4 aliphatic rings. The highest BCUT2D eigenvalue weighted by Crippen LogP contribution is 2.42. The molecule has 1 N–H and O–H groups in total. The molecule has 1 aromatic carbocycles. The van der Waals surface area contributed by atoms with Crippen molar-refractivity contribution in [2.24, 2.45) is 11.8 Å². The molecule has 2 amide bonds. The molecule has 3 saturated heterocycles. The minimum absolute atomic E-state index is 0.0610. The Morgan fingerprint density at radius 1 is 1.17 bits per heavy atom. The van der Waals surface area contributed by atoms with Gasteiger partial charge in [0.25, 0.3) is 0 Å². The predicted molar refractivity (Wildman–Crippen MR) is 108 cm³/mol. The molecule has 158 valence electrons. The van der Waals surface area contributed by atoms with Crippen molar-refractivity contribution >= 4 is 22.8 Å². The summed E-state index contributed by atoms with van der Waals surface area (Å²) in [5, 5.41) is 11.2. The number of rotatable bonds is 4. The fourth-order valence-electron chi connectivity index (χ4n) is 5.96. The van der Waals surface area contributed by atoms with E-state index in [4.69, 9.17) is 4.63 Å². The average molecular weight is 409 g/mol. The van der Waals surface area contributed by atoms with Gasteiger partial charge >= 0.3 is 0 Å². The summed E-state index contributed by atoms with van der Waals surface area (Å²) in [6.45, 7) is 2.52. The molecule has 3 aliphatic heterocycles. The summed E-state index contributed by atoms with van der Waals surface area (Å²) >= 11 is 0. The molecule has 4 atom stereocenters. The molecule has 4 heterocycles. The van der Waals surface area contributed by atoms with Gasteiger partial charge < -0.3 is 10.2 Å². The second-order valence-corrected chi connectivity index (χ2v) is 9.49. The van der Waals surface area contributed by atoms with E-state index in [0.29, 0.717) is 18.4 Å². The maximum atomic E-state index is 13.2. The van der Waals surface area contributed by atoms with Gasteiger partial charge in [-0.25, -0.2) is 4.63 Å². The second kappa shape index (κ2) is 7.04. The lowest BCUT2D eigenvalue weighted by atomic mass is 9.71. The van der Waals surface area contributed by atoms with E-state index < -0.39 is 0 Å². The van der Waals surface area contributed by atoms with Crippen molar-refractivity contribution in [3.63, 3.8) is 0 Å². The van der Waals surface area contributed by atoms with E-state index in [9.17, 15) is 9.59 Å². The Labute approximate surface area is 174 Å². The molecule has 0 spiro atoms. The Hall–Kier alpha value is -2.48. The van der Waals surface area contributed by atoms with Crippen molar-refractivity contribution in [1.29, 1.82) is 0 Å². The van der Waals surface area contributed by atoms with Crippen LogP contribution in [0.2, 0.25) is 0 Å². The van der Waals surface area contributed by atoms with Gasteiger partial charge in [-0.1, -0.05) is 12.1 Å². The Morgan fingerprint density at radius 2 is 2.03 bits per heavy atom. The van der Waals surface area contributed by atoms with Crippen LogP contribution in [0.5, 0.6) is 0 Å². The summed E-state index contributed by atoms with van der Waals surface area (Å²) in [6.07, 6.45) is 5.67. The number of likely N-dealkylation sites (tertiary alicyclic amines) is 1. The number of nitrogens with zero attached hydrogens (tertiary/aromatic N) is 4. The van der Waals surface area contributed by atoms with Crippen LogP contribution in [-0.4, -0.2) is 63.1 Å². The smallest absolute Gasteiger partial charge is 0.243 e. The maximum absolute atomic E-state index is 13.2. The lowest BCUT2D eigenvalue weighted by molar-refractivity contribution is -0.160. The van der Waals surface area contributed by atoms with Crippen LogP contribution < -0.4 is 5.32 Å². The summed E-state index contributed by atoms with van der Waals surface area (Å²) < 4.78 is 4.93. The highest BCUT2D eigenvalue weighted by molar-refractivity contribution is 5.89. The first-order valence-electron chi connectivity index (χ1n) is 11.2. The average Bonchev–Trinajstić information content (AvgIpc) is 3.41. The summed E-state index contributed by atoms with van der Waals surface area (Å²) in [4.78, 5) is 30.5. The summed E-state index contributed by atoms with van der Waals surface area (Å²) in [5.74, 6) is 0.831.